The molecule has 0 aliphatic rings. The molecule has 1 heterocycles. The van der Waals surface area contributed by atoms with Gasteiger partial charge in [-0.15, -0.1) is 0 Å². The Hall–Kier alpha value is -2.07. The van der Waals surface area contributed by atoms with Crippen LogP contribution in [0.4, 0.5) is 0 Å². The SMILES string of the molecule is CCOC(=O)c1ccc(-c2ccc(C[NH2+]CC(C)C)o2)cc1. The lowest BCUT2D eigenvalue weighted by molar-refractivity contribution is -0.676. The third-order valence-electron chi connectivity index (χ3n) is 3.33. The second kappa shape index (κ2) is 7.80. The molecule has 2 aromatic rings. The molecule has 0 aliphatic carbocycles. The van der Waals surface area contributed by atoms with Crippen LogP contribution in [0.1, 0.15) is 36.9 Å². The summed E-state index contributed by atoms with van der Waals surface area (Å²) in [4.78, 5) is 11.6. The summed E-state index contributed by atoms with van der Waals surface area (Å²) in [6.45, 7) is 8.52. The minimum Gasteiger partial charge on any atom is -0.462 e. The van der Waals surface area contributed by atoms with E-state index in [9.17, 15) is 4.79 Å². The van der Waals surface area contributed by atoms with Gasteiger partial charge in [-0.2, -0.15) is 0 Å². The van der Waals surface area contributed by atoms with Crippen molar-refractivity contribution in [1.29, 1.82) is 0 Å². The summed E-state index contributed by atoms with van der Waals surface area (Å²) in [6, 6.07) is 11.3. The van der Waals surface area contributed by atoms with Crippen molar-refractivity contribution >= 4 is 5.97 Å². The highest BCUT2D eigenvalue weighted by atomic mass is 16.5. The normalized spacial score (nSPS) is 10.9. The van der Waals surface area contributed by atoms with Gasteiger partial charge >= 0.3 is 5.97 Å². The number of furan rings is 1. The number of esters is 1. The molecule has 2 rings (SSSR count). The van der Waals surface area contributed by atoms with Gasteiger partial charge in [-0.25, -0.2) is 4.79 Å². The lowest BCUT2D eigenvalue weighted by Gasteiger charge is -2.03. The van der Waals surface area contributed by atoms with E-state index in [4.69, 9.17) is 9.15 Å². The summed E-state index contributed by atoms with van der Waals surface area (Å²) in [5.74, 6) is 2.16. The first-order chi connectivity index (χ1) is 10.6. The van der Waals surface area contributed by atoms with Crippen molar-refractivity contribution in [2.24, 2.45) is 5.92 Å². The van der Waals surface area contributed by atoms with Crippen LogP contribution in [0, 0.1) is 5.92 Å². The molecule has 0 atom stereocenters. The summed E-state index contributed by atoms with van der Waals surface area (Å²) in [6.07, 6.45) is 0. The van der Waals surface area contributed by atoms with Crippen LogP contribution in [0.3, 0.4) is 0 Å². The number of rotatable bonds is 7. The first-order valence-corrected chi connectivity index (χ1v) is 7.78. The molecule has 0 radical (unpaired) electrons. The lowest BCUT2D eigenvalue weighted by Crippen LogP contribution is -2.83. The monoisotopic (exact) mass is 302 g/mol. The van der Waals surface area contributed by atoms with Gasteiger partial charge in [0.1, 0.15) is 12.3 Å². The van der Waals surface area contributed by atoms with E-state index < -0.39 is 0 Å². The molecular formula is C18H24NO3+. The Morgan fingerprint density at radius 3 is 2.55 bits per heavy atom. The van der Waals surface area contributed by atoms with Crippen LogP contribution in [0.25, 0.3) is 11.3 Å². The molecule has 1 aromatic carbocycles. The first-order valence-electron chi connectivity index (χ1n) is 7.78. The molecule has 2 N–H and O–H groups in total. The fourth-order valence-electron chi connectivity index (χ4n) is 2.19. The van der Waals surface area contributed by atoms with E-state index in [0.717, 1.165) is 30.2 Å². The van der Waals surface area contributed by atoms with E-state index in [0.29, 0.717) is 18.1 Å². The minimum absolute atomic E-state index is 0.294. The summed E-state index contributed by atoms with van der Waals surface area (Å²) in [5.41, 5.74) is 1.52. The third kappa shape index (κ3) is 4.46. The maximum absolute atomic E-state index is 11.6. The quantitative estimate of drug-likeness (QED) is 0.800. The van der Waals surface area contributed by atoms with Crippen molar-refractivity contribution < 1.29 is 19.3 Å². The average Bonchev–Trinajstić information content (AvgIpc) is 2.96. The molecule has 22 heavy (non-hydrogen) atoms. The molecule has 0 amide bonds. The van der Waals surface area contributed by atoms with E-state index in [1.807, 2.05) is 24.3 Å². The Bertz CT molecular complexity index is 599. The molecule has 0 saturated heterocycles. The van der Waals surface area contributed by atoms with Gasteiger partial charge in [0.15, 0.2) is 5.76 Å². The first kappa shape index (κ1) is 16.3. The van der Waals surface area contributed by atoms with E-state index in [2.05, 4.69) is 19.2 Å². The minimum atomic E-state index is -0.294. The molecule has 118 valence electrons. The summed E-state index contributed by atoms with van der Waals surface area (Å²) in [7, 11) is 0. The van der Waals surface area contributed by atoms with Crippen LogP contribution in [0.2, 0.25) is 0 Å². The Kier molecular flexibility index (Phi) is 5.78. The molecule has 1 aromatic heterocycles. The van der Waals surface area contributed by atoms with E-state index in [-0.39, 0.29) is 5.97 Å². The maximum Gasteiger partial charge on any atom is 0.338 e. The number of carbonyl (C=O) groups is 1. The Labute approximate surface area is 131 Å². The van der Waals surface area contributed by atoms with E-state index >= 15 is 0 Å². The number of quaternary nitrogens is 1. The smallest absolute Gasteiger partial charge is 0.338 e. The molecule has 0 unspecified atom stereocenters. The Morgan fingerprint density at radius 2 is 1.91 bits per heavy atom. The number of hydrogen-bond donors (Lipinski definition) is 1. The largest absolute Gasteiger partial charge is 0.462 e. The topological polar surface area (TPSA) is 56.0 Å². The molecule has 4 nitrogen and oxygen atoms in total. The van der Waals surface area contributed by atoms with Crippen molar-refractivity contribution in [1.82, 2.24) is 0 Å². The molecular weight excluding hydrogens is 278 g/mol. The van der Waals surface area contributed by atoms with Crippen LogP contribution in [0.15, 0.2) is 40.8 Å². The van der Waals surface area contributed by atoms with Crippen molar-refractivity contribution in [2.75, 3.05) is 13.2 Å². The fraction of sp³-hybridized carbons (Fsp3) is 0.389. The van der Waals surface area contributed by atoms with Crippen molar-refractivity contribution in [3.63, 3.8) is 0 Å². The molecule has 4 heteroatoms. The predicted molar refractivity (Wildman–Crippen MR) is 85.4 cm³/mol. The average molecular weight is 302 g/mol. The standard InChI is InChI=1S/C18H23NO3/c1-4-21-18(20)15-7-5-14(6-8-15)17-10-9-16(22-17)12-19-11-13(2)3/h5-10,13,19H,4,11-12H2,1-3H3/p+1. The van der Waals surface area contributed by atoms with Crippen LogP contribution in [0.5, 0.6) is 0 Å². The third-order valence-corrected chi connectivity index (χ3v) is 3.33. The molecule has 0 saturated carbocycles. The Balaban J connectivity index is 2.00. The zero-order valence-electron chi connectivity index (χ0n) is 13.5. The van der Waals surface area contributed by atoms with Crippen LogP contribution in [-0.2, 0) is 11.3 Å². The van der Waals surface area contributed by atoms with E-state index in [1.54, 1.807) is 19.1 Å². The molecule has 0 fully saturated rings. The number of ether oxygens (including phenoxy) is 1. The van der Waals surface area contributed by atoms with Gasteiger partial charge in [-0.3, -0.25) is 0 Å². The highest BCUT2D eigenvalue weighted by Crippen LogP contribution is 2.22. The van der Waals surface area contributed by atoms with Gasteiger partial charge in [0.25, 0.3) is 0 Å². The van der Waals surface area contributed by atoms with Crippen molar-refractivity contribution in [3.8, 4) is 11.3 Å². The predicted octanol–water partition coefficient (Wildman–Crippen LogP) is 2.84. The Morgan fingerprint density at radius 1 is 1.18 bits per heavy atom. The van der Waals surface area contributed by atoms with Crippen LogP contribution in [-0.4, -0.2) is 19.1 Å². The number of carbonyl (C=O) groups excluding carboxylic acids is 1. The van der Waals surface area contributed by atoms with Crippen LogP contribution >= 0.6 is 0 Å². The summed E-state index contributed by atoms with van der Waals surface area (Å²) < 4.78 is 10.8. The second-order valence-corrected chi connectivity index (χ2v) is 5.69. The van der Waals surface area contributed by atoms with E-state index in [1.165, 1.54) is 0 Å². The van der Waals surface area contributed by atoms with Gasteiger partial charge < -0.3 is 14.5 Å². The molecule has 0 aliphatic heterocycles. The maximum atomic E-state index is 11.6. The summed E-state index contributed by atoms with van der Waals surface area (Å²) in [5, 5.41) is 2.25. The zero-order valence-corrected chi connectivity index (χ0v) is 13.5. The van der Waals surface area contributed by atoms with Gasteiger partial charge in [0.2, 0.25) is 0 Å². The van der Waals surface area contributed by atoms with Gasteiger partial charge in [0.05, 0.1) is 18.7 Å². The second-order valence-electron chi connectivity index (χ2n) is 5.69. The number of nitrogens with two attached hydrogens (primary N) is 1. The summed E-state index contributed by atoms with van der Waals surface area (Å²) >= 11 is 0. The van der Waals surface area contributed by atoms with Crippen molar-refractivity contribution in [2.45, 2.75) is 27.3 Å². The fourth-order valence-corrected chi connectivity index (χ4v) is 2.19. The zero-order chi connectivity index (χ0) is 15.9. The molecule has 0 bridgehead atoms. The van der Waals surface area contributed by atoms with Gasteiger partial charge in [-0.05, 0) is 31.2 Å². The van der Waals surface area contributed by atoms with Crippen molar-refractivity contribution in [3.05, 3.63) is 47.7 Å². The van der Waals surface area contributed by atoms with Gasteiger partial charge in [-0.1, -0.05) is 26.0 Å². The molecule has 0 spiro atoms. The highest BCUT2D eigenvalue weighted by molar-refractivity contribution is 5.89. The lowest BCUT2D eigenvalue weighted by atomic mass is 10.1. The highest BCUT2D eigenvalue weighted by Gasteiger charge is 2.09. The van der Waals surface area contributed by atoms with Gasteiger partial charge in [0, 0.05) is 11.5 Å². The number of hydrogen-bond acceptors (Lipinski definition) is 3. The number of benzene rings is 1. The van der Waals surface area contributed by atoms with Crippen LogP contribution < -0.4 is 5.32 Å².